The van der Waals surface area contributed by atoms with Gasteiger partial charge in [-0.15, -0.1) is 0 Å². The van der Waals surface area contributed by atoms with E-state index in [4.69, 9.17) is 10.8 Å². The highest BCUT2D eigenvalue weighted by atomic mass is 16.4. The minimum atomic E-state index is -1.26. The first kappa shape index (κ1) is 10.0. The van der Waals surface area contributed by atoms with Crippen molar-refractivity contribution in [3.05, 3.63) is 46.4 Å². The second-order valence-corrected chi connectivity index (χ2v) is 3.18. The lowest BCUT2D eigenvalue weighted by Crippen LogP contribution is -2.16. The Morgan fingerprint density at radius 1 is 1.31 bits per heavy atom. The van der Waals surface area contributed by atoms with Gasteiger partial charge >= 0.3 is 5.97 Å². The first-order chi connectivity index (χ1) is 7.61. The molecular formula is C10H9N3O3. The van der Waals surface area contributed by atoms with E-state index in [-0.39, 0.29) is 11.4 Å². The molecule has 0 spiro atoms. The summed E-state index contributed by atoms with van der Waals surface area (Å²) >= 11 is 0. The van der Waals surface area contributed by atoms with Gasteiger partial charge in [0.15, 0.2) is 5.69 Å². The number of para-hydroxylation sites is 1. The predicted molar refractivity (Wildman–Crippen MR) is 57.8 cm³/mol. The zero-order valence-corrected chi connectivity index (χ0v) is 8.18. The normalized spacial score (nSPS) is 10.2. The molecule has 0 amide bonds. The summed E-state index contributed by atoms with van der Waals surface area (Å²) in [6.45, 7) is 0. The molecule has 0 saturated carbocycles. The molecule has 0 unspecified atom stereocenters. The fourth-order valence-corrected chi connectivity index (χ4v) is 1.37. The minimum absolute atomic E-state index is 0.295. The van der Waals surface area contributed by atoms with Crippen LogP contribution in [0.1, 0.15) is 10.5 Å². The van der Waals surface area contributed by atoms with Crippen LogP contribution in [0, 0.1) is 0 Å². The van der Waals surface area contributed by atoms with E-state index >= 15 is 0 Å². The number of nitrogens with zero attached hydrogens (tertiary/aromatic N) is 1. The molecule has 1 heterocycles. The number of aromatic amines is 1. The Labute approximate surface area is 89.9 Å². The van der Waals surface area contributed by atoms with E-state index in [1.54, 1.807) is 30.3 Å². The number of carboxylic acid groups (broad SMARTS) is 1. The fraction of sp³-hybridized carbons (Fsp3) is 0. The number of anilines is 1. The Bertz CT molecular complexity index is 583. The van der Waals surface area contributed by atoms with Crippen molar-refractivity contribution in [2.45, 2.75) is 0 Å². The molecule has 1 aromatic heterocycles. The highest BCUT2D eigenvalue weighted by Gasteiger charge is 2.17. The number of nitrogens with one attached hydrogen (secondary N) is 1. The molecule has 6 nitrogen and oxygen atoms in total. The van der Waals surface area contributed by atoms with E-state index in [2.05, 4.69) is 5.10 Å². The maximum absolute atomic E-state index is 11.6. The smallest absolute Gasteiger partial charge is 0.356 e. The van der Waals surface area contributed by atoms with Crippen LogP contribution in [0.5, 0.6) is 0 Å². The number of carbonyl (C=O) groups is 1. The van der Waals surface area contributed by atoms with Crippen molar-refractivity contribution < 1.29 is 9.90 Å². The monoisotopic (exact) mass is 219 g/mol. The lowest BCUT2D eigenvalue weighted by atomic mass is 10.3. The lowest BCUT2D eigenvalue weighted by molar-refractivity contribution is 0.0691. The summed E-state index contributed by atoms with van der Waals surface area (Å²) in [6.07, 6.45) is 0. The van der Waals surface area contributed by atoms with Crippen LogP contribution in [0.2, 0.25) is 0 Å². The Morgan fingerprint density at radius 3 is 2.44 bits per heavy atom. The lowest BCUT2D eigenvalue weighted by Gasteiger charge is -1.99. The first-order valence-corrected chi connectivity index (χ1v) is 4.50. The summed E-state index contributed by atoms with van der Waals surface area (Å²) < 4.78 is 1.10. The van der Waals surface area contributed by atoms with Crippen LogP contribution in [0.4, 0.5) is 5.69 Å². The molecule has 2 rings (SSSR count). The molecule has 1 aromatic carbocycles. The summed E-state index contributed by atoms with van der Waals surface area (Å²) in [4.78, 5) is 22.4. The van der Waals surface area contributed by atoms with Gasteiger partial charge in [0.25, 0.3) is 5.56 Å². The maximum atomic E-state index is 11.6. The van der Waals surface area contributed by atoms with E-state index in [1.165, 1.54) is 0 Å². The topological polar surface area (TPSA) is 101 Å². The third kappa shape index (κ3) is 1.46. The third-order valence-corrected chi connectivity index (χ3v) is 2.15. The Morgan fingerprint density at radius 2 is 1.94 bits per heavy atom. The highest BCUT2D eigenvalue weighted by molar-refractivity contribution is 5.91. The van der Waals surface area contributed by atoms with Crippen LogP contribution in [0.15, 0.2) is 35.1 Å². The molecule has 0 bridgehead atoms. The second kappa shape index (κ2) is 3.58. The number of benzene rings is 1. The zero-order chi connectivity index (χ0) is 11.7. The average molecular weight is 219 g/mol. The van der Waals surface area contributed by atoms with Gasteiger partial charge in [0.05, 0.1) is 5.69 Å². The van der Waals surface area contributed by atoms with Crippen molar-refractivity contribution in [2.24, 2.45) is 0 Å². The summed E-state index contributed by atoms with van der Waals surface area (Å²) in [6, 6.07) is 8.60. The SMILES string of the molecule is Nc1c(C(=O)O)[nH]n(-c2ccccc2)c1=O. The van der Waals surface area contributed by atoms with Gasteiger partial charge in [0, 0.05) is 0 Å². The number of rotatable bonds is 2. The highest BCUT2D eigenvalue weighted by Crippen LogP contribution is 2.08. The number of nitrogen functional groups attached to an aromatic ring is 1. The molecule has 2 aromatic rings. The number of aromatic carboxylic acids is 1. The number of nitrogens with two attached hydrogens (primary N) is 1. The van der Waals surface area contributed by atoms with Crippen LogP contribution in [-0.4, -0.2) is 20.9 Å². The molecule has 82 valence electrons. The molecule has 0 atom stereocenters. The number of H-pyrrole nitrogens is 1. The second-order valence-electron chi connectivity index (χ2n) is 3.18. The molecule has 0 fully saturated rings. The predicted octanol–water partition coefficient (Wildman–Crippen LogP) is 0.446. The molecule has 0 aliphatic rings. The van der Waals surface area contributed by atoms with Crippen LogP contribution < -0.4 is 11.3 Å². The van der Waals surface area contributed by atoms with Crippen molar-refractivity contribution in [1.29, 1.82) is 0 Å². The molecule has 0 radical (unpaired) electrons. The van der Waals surface area contributed by atoms with E-state index in [9.17, 15) is 9.59 Å². The average Bonchev–Trinajstić information content (AvgIpc) is 2.58. The maximum Gasteiger partial charge on any atom is 0.356 e. The standard InChI is InChI=1S/C10H9N3O3/c11-7-8(10(15)16)12-13(9(7)14)6-4-2-1-3-5-6/h1-5,12H,11H2,(H,15,16). The van der Waals surface area contributed by atoms with Crippen LogP contribution in [0.3, 0.4) is 0 Å². The molecule has 0 aliphatic heterocycles. The van der Waals surface area contributed by atoms with E-state index in [0.717, 1.165) is 4.68 Å². The van der Waals surface area contributed by atoms with E-state index in [0.29, 0.717) is 5.69 Å². The largest absolute Gasteiger partial charge is 0.476 e. The number of hydrogen-bond acceptors (Lipinski definition) is 3. The molecule has 0 saturated heterocycles. The Hall–Kier alpha value is -2.50. The van der Waals surface area contributed by atoms with Crippen molar-refractivity contribution in [3.8, 4) is 5.69 Å². The summed E-state index contributed by atoms with van der Waals surface area (Å²) in [5, 5.41) is 11.2. The van der Waals surface area contributed by atoms with Crippen molar-refractivity contribution >= 4 is 11.7 Å². The number of carboxylic acids is 1. The number of aromatic nitrogens is 2. The fourth-order valence-electron chi connectivity index (χ4n) is 1.37. The summed E-state index contributed by atoms with van der Waals surface area (Å²) in [5.41, 5.74) is 4.77. The number of hydrogen-bond donors (Lipinski definition) is 3. The van der Waals surface area contributed by atoms with Crippen molar-refractivity contribution in [2.75, 3.05) is 5.73 Å². The van der Waals surface area contributed by atoms with Crippen LogP contribution >= 0.6 is 0 Å². The van der Waals surface area contributed by atoms with Gasteiger partial charge in [-0.05, 0) is 12.1 Å². The van der Waals surface area contributed by atoms with Gasteiger partial charge in [0.2, 0.25) is 0 Å². The van der Waals surface area contributed by atoms with E-state index in [1.807, 2.05) is 0 Å². The quantitative estimate of drug-likeness (QED) is 0.682. The molecule has 4 N–H and O–H groups in total. The van der Waals surface area contributed by atoms with Gasteiger partial charge in [-0.2, -0.15) is 0 Å². The molecule has 6 heteroatoms. The molecular weight excluding hydrogens is 210 g/mol. The first-order valence-electron chi connectivity index (χ1n) is 4.50. The van der Waals surface area contributed by atoms with Gasteiger partial charge in [-0.3, -0.25) is 9.89 Å². The van der Waals surface area contributed by atoms with Crippen LogP contribution in [0.25, 0.3) is 5.69 Å². The minimum Gasteiger partial charge on any atom is -0.476 e. The molecule has 0 aliphatic carbocycles. The van der Waals surface area contributed by atoms with Crippen LogP contribution in [-0.2, 0) is 0 Å². The Kier molecular flexibility index (Phi) is 2.24. The van der Waals surface area contributed by atoms with Crippen molar-refractivity contribution in [3.63, 3.8) is 0 Å². The Balaban J connectivity index is 2.65. The summed E-state index contributed by atoms with van der Waals surface area (Å²) in [7, 11) is 0. The van der Waals surface area contributed by atoms with E-state index < -0.39 is 11.5 Å². The zero-order valence-electron chi connectivity index (χ0n) is 8.18. The van der Waals surface area contributed by atoms with Gasteiger partial charge in [0.1, 0.15) is 5.69 Å². The van der Waals surface area contributed by atoms with Gasteiger partial charge < -0.3 is 10.8 Å². The third-order valence-electron chi connectivity index (χ3n) is 2.15. The van der Waals surface area contributed by atoms with Gasteiger partial charge in [-0.1, -0.05) is 18.2 Å². The van der Waals surface area contributed by atoms with Gasteiger partial charge in [-0.25, -0.2) is 9.48 Å². The molecule has 16 heavy (non-hydrogen) atoms. The summed E-state index contributed by atoms with van der Waals surface area (Å²) in [5.74, 6) is -1.26. The van der Waals surface area contributed by atoms with Crippen molar-refractivity contribution in [1.82, 2.24) is 9.78 Å².